The van der Waals surface area contributed by atoms with Gasteiger partial charge in [0.15, 0.2) is 0 Å². The van der Waals surface area contributed by atoms with Crippen molar-refractivity contribution in [3.63, 3.8) is 0 Å². The highest BCUT2D eigenvalue weighted by atomic mass is 35.5. The Kier molecular flexibility index (Phi) is 5.01. The Labute approximate surface area is 166 Å². The molecule has 0 fully saturated rings. The molecule has 0 radical (unpaired) electrons. The molecule has 6 heteroatoms. The van der Waals surface area contributed by atoms with Crippen LogP contribution in [0.1, 0.15) is 11.4 Å². The summed E-state index contributed by atoms with van der Waals surface area (Å²) in [6.45, 7) is 0.989. The normalized spacial score (nSPS) is 11.1. The smallest absolute Gasteiger partial charge is 0.146 e. The fourth-order valence-electron chi connectivity index (χ4n) is 3.04. The molecule has 136 valence electrons. The highest BCUT2D eigenvalue weighted by Gasteiger charge is 2.12. The lowest BCUT2D eigenvalue weighted by atomic mass is 10.2. The standard InChI is InChI=1S/C21H16Cl2FN3/c22-15-10-9-14(11-16(15)23)13-27-20-8-4-3-7-19(20)26-21(27)12-25-18-6-2-1-5-17(18)24/h1-11,25H,12-13H2. The van der Waals surface area contributed by atoms with Gasteiger partial charge < -0.3 is 9.88 Å². The van der Waals surface area contributed by atoms with Crippen molar-refractivity contribution in [2.45, 2.75) is 13.1 Å². The van der Waals surface area contributed by atoms with Gasteiger partial charge in [-0.1, -0.05) is 53.5 Å². The average Bonchev–Trinajstić information content (AvgIpc) is 3.02. The number of imidazole rings is 1. The Hall–Kier alpha value is -2.56. The van der Waals surface area contributed by atoms with Crippen molar-refractivity contribution in [1.82, 2.24) is 9.55 Å². The molecule has 1 heterocycles. The summed E-state index contributed by atoms with van der Waals surface area (Å²) < 4.78 is 16.0. The number of hydrogen-bond acceptors (Lipinski definition) is 2. The number of para-hydroxylation sites is 3. The molecule has 0 spiro atoms. The third-order valence-corrected chi connectivity index (χ3v) is 5.11. The van der Waals surface area contributed by atoms with Gasteiger partial charge in [-0.2, -0.15) is 0 Å². The van der Waals surface area contributed by atoms with Crippen LogP contribution in [0.25, 0.3) is 11.0 Å². The quantitative estimate of drug-likeness (QED) is 0.436. The second-order valence-electron chi connectivity index (χ2n) is 6.18. The number of aromatic nitrogens is 2. The Bertz CT molecular complexity index is 1110. The Morgan fingerprint density at radius 2 is 1.70 bits per heavy atom. The van der Waals surface area contributed by atoms with Crippen LogP contribution in [0.4, 0.5) is 10.1 Å². The molecule has 1 N–H and O–H groups in total. The summed E-state index contributed by atoms with van der Waals surface area (Å²) in [4.78, 5) is 4.71. The molecule has 4 aromatic rings. The van der Waals surface area contributed by atoms with E-state index in [4.69, 9.17) is 28.2 Å². The largest absolute Gasteiger partial charge is 0.375 e. The molecule has 0 amide bonds. The van der Waals surface area contributed by atoms with Crippen LogP contribution >= 0.6 is 23.2 Å². The number of nitrogens with one attached hydrogen (secondary N) is 1. The molecule has 3 aromatic carbocycles. The predicted molar refractivity (Wildman–Crippen MR) is 109 cm³/mol. The van der Waals surface area contributed by atoms with Gasteiger partial charge in [-0.25, -0.2) is 9.37 Å². The third-order valence-electron chi connectivity index (χ3n) is 4.37. The second kappa shape index (κ2) is 7.59. The van der Waals surface area contributed by atoms with Crippen LogP contribution in [0.5, 0.6) is 0 Å². The minimum Gasteiger partial charge on any atom is -0.375 e. The van der Waals surface area contributed by atoms with E-state index in [-0.39, 0.29) is 5.82 Å². The maximum atomic E-state index is 13.9. The molecule has 1 aromatic heterocycles. The number of anilines is 1. The van der Waals surface area contributed by atoms with Crippen molar-refractivity contribution in [3.05, 3.63) is 94.0 Å². The molecule has 0 bridgehead atoms. The maximum Gasteiger partial charge on any atom is 0.146 e. The lowest BCUT2D eigenvalue weighted by Gasteiger charge is -2.12. The van der Waals surface area contributed by atoms with Crippen molar-refractivity contribution < 1.29 is 4.39 Å². The monoisotopic (exact) mass is 399 g/mol. The fraction of sp³-hybridized carbons (Fsp3) is 0.0952. The van der Waals surface area contributed by atoms with Crippen LogP contribution in [0.15, 0.2) is 66.7 Å². The van der Waals surface area contributed by atoms with Crippen molar-refractivity contribution in [1.29, 1.82) is 0 Å². The zero-order chi connectivity index (χ0) is 18.8. The van der Waals surface area contributed by atoms with Crippen molar-refractivity contribution in [3.8, 4) is 0 Å². The van der Waals surface area contributed by atoms with Gasteiger partial charge in [0, 0.05) is 6.54 Å². The Morgan fingerprint density at radius 1 is 0.926 bits per heavy atom. The molecule has 4 rings (SSSR count). The molecule has 0 unspecified atom stereocenters. The molecule has 0 saturated carbocycles. The minimum absolute atomic E-state index is 0.287. The van der Waals surface area contributed by atoms with Crippen molar-refractivity contribution >= 4 is 39.9 Å². The van der Waals surface area contributed by atoms with E-state index in [1.807, 2.05) is 36.4 Å². The number of nitrogens with zero attached hydrogens (tertiary/aromatic N) is 2. The second-order valence-corrected chi connectivity index (χ2v) is 7.00. The molecule has 0 atom stereocenters. The van der Waals surface area contributed by atoms with Gasteiger partial charge in [-0.15, -0.1) is 0 Å². The van der Waals surface area contributed by atoms with Gasteiger partial charge >= 0.3 is 0 Å². The van der Waals surface area contributed by atoms with E-state index in [1.54, 1.807) is 24.3 Å². The first-order chi connectivity index (χ1) is 13.1. The molecule has 0 saturated heterocycles. The van der Waals surface area contributed by atoms with Gasteiger partial charge in [0.1, 0.15) is 11.6 Å². The lowest BCUT2D eigenvalue weighted by Crippen LogP contribution is -2.10. The molecular weight excluding hydrogens is 384 g/mol. The van der Waals surface area contributed by atoms with E-state index in [1.165, 1.54) is 6.07 Å². The predicted octanol–water partition coefficient (Wildman–Crippen LogP) is 6.14. The highest BCUT2D eigenvalue weighted by molar-refractivity contribution is 6.42. The van der Waals surface area contributed by atoms with E-state index >= 15 is 0 Å². The van der Waals surface area contributed by atoms with Crippen LogP contribution in [-0.4, -0.2) is 9.55 Å². The summed E-state index contributed by atoms with van der Waals surface area (Å²) in [6, 6.07) is 20.1. The number of hydrogen-bond donors (Lipinski definition) is 1. The van der Waals surface area contributed by atoms with Gasteiger partial charge in [-0.3, -0.25) is 0 Å². The van der Waals surface area contributed by atoms with E-state index < -0.39 is 0 Å². The molecule has 0 aliphatic heterocycles. The summed E-state index contributed by atoms with van der Waals surface area (Å²) >= 11 is 12.2. The number of halogens is 3. The zero-order valence-electron chi connectivity index (χ0n) is 14.3. The Balaban J connectivity index is 1.68. The van der Waals surface area contributed by atoms with Crippen LogP contribution in [0.3, 0.4) is 0 Å². The molecule has 27 heavy (non-hydrogen) atoms. The fourth-order valence-corrected chi connectivity index (χ4v) is 3.36. The van der Waals surface area contributed by atoms with Gasteiger partial charge in [-0.05, 0) is 42.0 Å². The first-order valence-electron chi connectivity index (χ1n) is 8.48. The van der Waals surface area contributed by atoms with Crippen LogP contribution in [0, 0.1) is 5.82 Å². The van der Waals surface area contributed by atoms with Crippen molar-refractivity contribution in [2.75, 3.05) is 5.32 Å². The summed E-state index contributed by atoms with van der Waals surface area (Å²) in [6.07, 6.45) is 0. The third kappa shape index (κ3) is 3.77. The Morgan fingerprint density at radius 3 is 2.52 bits per heavy atom. The lowest BCUT2D eigenvalue weighted by molar-refractivity contribution is 0.629. The van der Waals surface area contributed by atoms with E-state index in [0.717, 1.165) is 22.4 Å². The molecular formula is C21H16Cl2FN3. The van der Waals surface area contributed by atoms with Gasteiger partial charge in [0.25, 0.3) is 0 Å². The minimum atomic E-state index is -0.287. The first-order valence-corrected chi connectivity index (χ1v) is 9.24. The summed E-state index contributed by atoms with van der Waals surface area (Å²) in [5.74, 6) is 0.523. The summed E-state index contributed by atoms with van der Waals surface area (Å²) in [5.41, 5.74) is 3.36. The maximum absolute atomic E-state index is 13.9. The molecule has 3 nitrogen and oxygen atoms in total. The highest BCUT2D eigenvalue weighted by Crippen LogP contribution is 2.25. The van der Waals surface area contributed by atoms with Gasteiger partial charge in [0.2, 0.25) is 0 Å². The number of fused-ring (bicyclic) bond motifs is 1. The van der Waals surface area contributed by atoms with Crippen LogP contribution < -0.4 is 5.32 Å². The van der Waals surface area contributed by atoms with E-state index in [2.05, 4.69) is 9.88 Å². The number of benzene rings is 3. The summed E-state index contributed by atoms with van der Waals surface area (Å²) in [5, 5.41) is 4.17. The molecule has 0 aliphatic carbocycles. The number of rotatable bonds is 5. The molecule has 0 aliphatic rings. The van der Waals surface area contributed by atoms with Gasteiger partial charge in [0.05, 0.1) is 33.3 Å². The van der Waals surface area contributed by atoms with Crippen LogP contribution in [-0.2, 0) is 13.1 Å². The average molecular weight is 400 g/mol. The zero-order valence-corrected chi connectivity index (χ0v) is 15.8. The topological polar surface area (TPSA) is 29.9 Å². The van der Waals surface area contributed by atoms with Crippen LogP contribution in [0.2, 0.25) is 10.0 Å². The van der Waals surface area contributed by atoms with E-state index in [9.17, 15) is 4.39 Å². The summed E-state index contributed by atoms with van der Waals surface area (Å²) in [7, 11) is 0. The first kappa shape index (κ1) is 17.8. The van der Waals surface area contributed by atoms with E-state index in [0.29, 0.717) is 28.8 Å². The SMILES string of the molecule is Fc1ccccc1NCc1nc2ccccc2n1Cc1ccc(Cl)c(Cl)c1. The van der Waals surface area contributed by atoms with Crippen molar-refractivity contribution in [2.24, 2.45) is 0 Å².